The number of aryl methyl sites for hydroxylation is 1. The van der Waals surface area contributed by atoms with Crippen LogP contribution < -0.4 is 0 Å². The van der Waals surface area contributed by atoms with Crippen LogP contribution in [0.4, 0.5) is 0 Å². The molecule has 0 spiro atoms. The van der Waals surface area contributed by atoms with Crippen molar-refractivity contribution in [2.24, 2.45) is 0 Å². The Morgan fingerprint density at radius 3 is 2.46 bits per heavy atom. The van der Waals surface area contributed by atoms with Crippen molar-refractivity contribution in [3.05, 3.63) is 63.3 Å². The Labute approximate surface area is 175 Å². The molecule has 2 rings (SSSR count). The predicted octanol–water partition coefficient (Wildman–Crippen LogP) is 5.48. The second-order valence-electron chi connectivity index (χ2n) is 6.64. The fourth-order valence-electron chi connectivity index (χ4n) is 2.90. The Balaban J connectivity index is 1.78. The molecular weight excluding hydrogens is 416 g/mol. The van der Waals surface area contributed by atoms with Crippen LogP contribution in [0.15, 0.2) is 47.9 Å². The van der Waals surface area contributed by atoms with E-state index in [1.807, 2.05) is 6.07 Å². The van der Waals surface area contributed by atoms with Gasteiger partial charge < -0.3 is 5.11 Å². The van der Waals surface area contributed by atoms with E-state index in [1.165, 1.54) is 11.0 Å². The zero-order valence-corrected chi connectivity index (χ0v) is 18.0. The summed E-state index contributed by atoms with van der Waals surface area (Å²) in [6.07, 6.45) is 7.79. The average Bonchev–Trinajstić information content (AvgIpc) is 3.15. The number of thiophene rings is 1. The topological polar surface area (TPSA) is 71.4 Å². The number of unbranched alkanes of at least 4 members (excludes halogenated alkanes) is 3. The minimum absolute atomic E-state index is 0.158. The number of halogens is 1. The number of carboxylic acids is 1. The maximum absolute atomic E-state index is 12.4. The lowest BCUT2D eigenvalue weighted by molar-refractivity contribution is -0.136. The van der Waals surface area contributed by atoms with Crippen LogP contribution in [0.3, 0.4) is 0 Å². The van der Waals surface area contributed by atoms with E-state index in [-0.39, 0.29) is 12.2 Å². The molecule has 0 saturated carbocycles. The summed E-state index contributed by atoms with van der Waals surface area (Å²) in [4.78, 5) is 12.8. The molecule has 0 fully saturated rings. The van der Waals surface area contributed by atoms with Gasteiger partial charge in [-0.2, -0.15) is 0 Å². The molecule has 1 heterocycles. The number of benzene rings is 1. The van der Waals surface area contributed by atoms with Crippen molar-refractivity contribution >= 4 is 44.8 Å². The summed E-state index contributed by atoms with van der Waals surface area (Å²) in [7, 11) is -3.74. The summed E-state index contributed by atoms with van der Waals surface area (Å²) in [5.74, 6) is -1.55. The molecule has 28 heavy (non-hydrogen) atoms. The van der Waals surface area contributed by atoms with Crippen LogP contribution in [0.5, 0.6) is 0 Å². The van der Waals surface area contributed by atoms with E-state index in [2.05, 4.69) is 11.4 Å². The summed E-state index contributed by atoms with van der Waals surface area (Å²) < 4.78 is 24.9. The van der Waals surface area contributed by atoms with Crippen molar-refractivity contribution in [3.8, 4) is 0 Å². The molecule has 2 aromatic rings. The van der Waals surface area contributed by atoms with Crippen molar-refractivity contribution in [1.82, 2.24) is 0 Å². The second-order valence-corrected chi connectivity index (χ2v) is 10.3. The van der Waals surface area contributed by atoms with E-state index in [0.29, 0.717) is 11.4 Å². The molecule has 0 aliphatic rings. The van der Waals surface area contributed by atoms with Gasteiger partial charge in [0.1, 0.15) is 0 Å². The van der Waals surface area contributed by atoms with Gasteiger partial charge in [-0.25, -0.2) is 8.42 Å². The third kappa shape index (κ3) is 7.78. The molecule has 0 radical (unpaired) electrons. The lowest BCUT2D eigenvalue weighted by Crippen LogP contribution is -2.31. The molecule has 0 amide bonds. The molecule has 1 atom stereocenters. The number of carbonyl (C=O) groups is 1. The molecule has 0 saturated heterocycles. The minimum Gasteiger partial charge on any atom is -0.480 e. The standard InChI is InChI=1S/C21H25ClO4S2/c22-18-13-11-17(12-14-18)7-6-16-28(25,26)20(21(23)24)10-4-2-1-3-8-19-9-5-15-27-19/h5-7,9,11-15,20H,1-4,8,10,16H2,(H,23,24)/b7-6+. The number of rotatable bonds is 12. The van der Waals surface area contributed by atoms with Crippen LogP contribution in [0.1, 0.15) is 42.5 Å². The molecular formula is C21H25ClO4S2. The van der Waals surface area contributed by atoms with Crippen LogP contribution in [-0.2, 0) is 21.1 Å². The number of hydrogen-bond acceptors (Lipinski definition) is 4. The van der Waals surface area contributed by atoms with Gasteiger partial charge in [0, 0.05) is 9.90 Å². The van der Waals surface area contributed by atoms with Crippen LogP contribution in [0, 0.1) is 0 Å². The molecule has 4 nitrogen and oxygen atoms in total. The van der Waals surface area contributed by atoms with E-state index in [1.54, 1.807) is 41.7 Å². The molecule has 1 aromatic heterocycles. The van der Waals surface area contributed by atoms with Gasteiger partial charge in [0.15, 0.2) is 15.1 Å². The molecule has 152 valence electrons. The highest BCUT2D eigenvalue weighted by atomic mass is 35.5. The zero-order valence-electron chi connectivity index (χ0n) is 15.6. The number of hydrogen-bond donors (Lipinski definition) is 1. The first-order valence-electron chi connectivity index (χ1n) is 9.27. The van der Waals surface area contributed by atoms with Gasteiger partial charge in [0.05, 0.1) is 5.75 Å². The molecule has 0 bridgehead atoms. The predicted molar refractivity (Wildman–Crippen MR) is 117 cm³/mol. The zero-order chi connectivity index (χ0) is 20.4. The fourth-order valence-corrected chi connectivity index (χ4v) is 5.21. The van der Waals surface area contributed by atoms with Gasteiger partial charge in [0.2, 0.25) is 0 Å². The highest BCUT2D eigenvalue weighted by Gasteiger charge is 2.30. The van der Waals surface area contributed by atoms with Crippen LogP contribution >= 0.6 is 22.9 Å². The van der Waals surface area contributed by atoms with E-state index < -0.39 is 21.1 Å². The van der Waals surface area contributed by atoms with Gasteiger partial charge in [-0.15, -0.1) is 11.3 Å². The first-order valence-corrected chi connectivity index (χ1v) is 12.2. The Kier molecular flexibility index (Phi) is 9.22. The van der Waals surface area contributed by atoms with Crippen molar-refractivity contribution in [1.29, 1.82) is 0 Å². The quantitative estimate of drug-likeness (QED) is 0.444. The summed E-state index contributed by atoms with van der Waals surface area (Å²) in [6.45, 7) is 0. The Morgan fingerprint density at radius 1 is 1.11 bits per heavy atom. The van der Waals surface area contributed by atoms with Gasteiger partial charge in [-0.1, -0.05) is 61.2 Å². The lowest BCUT2D eigenvalue weighted by atomic mass is 10.1. The van der Waals surface area contributed by atoms with E-state index in [4.69, 9.17) is 11.6 Å². The number of carboxylic acid groups (broad SMARTS) is 1. The van der Waals surface area contributed by atoms with Crippen LogP contribution in [0.2, 0.25) is 5.02 Å². The maximum atomic E-state index is 12.4. The van der Waals surface area contributed by atoms with Crippen LogP contribution in [-0.4, -0.2) is 30.5 Å². The number of sulfone groups is 1. The van der Waals surface area contributed by atoms with Gasteiger partial charge in [-0.3, -0.25) is 4.79 Å². The second kappa shape index (κ2) is 11.4. The number of aliphatic carboxylic acids is 1. The summed E-state index contributed by atoms with van der Waals surface area (Å²) >= 11 is 7.55. The normalized spacial score (nSPS) is 13.0. The monoisotopic (exact) mass is 440 g/mol. The summed E-state index contributed by atoms with van der Waals surface area (Å²) in [6, 6.07) is 11.1. The van der Waals surface area contributed by atoms with Crippen LogP contribution in [0.25, 0.3) is 6.08 Å². The molecule has 0 aliphatic heterocycles. The van der Waals surface area contributed by atoms with Crippen molar-refractivity contribution < 1.29 is 18.3 Å². The third-order valence-corrected chi connectivity index (χ3v) is 7.59. The van der Waals surface area contributed by atoms with Gasteiger partial charge in [0.25, 0.3) is 0 Å². The van der Waals surface area contributed by atoms with Crippen molar-refractivity contribution in [3.63, 3.8) is 0 Å². The molecule has 1 unspecified atom stereocenters. The molecule has 7 heteroatoms. The largest absolute Gasteiger partial charge is 0.480 e. The summed E-state index contributed by atoms with van der Waals surface area (Å²) in [5, 5.41) is 10.7. The highest BCUT2D eigenvalue weighted by Crippen LogP contribution is 2.17. The first kappa shape index (κ1) is 22.7. The average molecular weight is 441 g/mol. The van der Waals surface area contributed by atoms with E-state index in [9.17, 15) is 18.3 Å². The van der Waals surface area contributed by atoms with Gasteiger partial charge >= 0.3 is 5.97 Å². The third-order valence-electron chi connectivity index (χ3n) is 4.44. The summed E-state index contributed by atoms with van der Waals surface area (Å²) in [5.41, 5.74) is 0.817. The van der Waals surface area contributed by atoms with Crippen molar-refractivity contribution in [2.75, 3.05) is 5.75 Å². The Morgan fingerprint density at radius 2 is 1.82 bits per heavy atom. The van der Waals surface area contributed by atoms with E-state index in [0.717, 1.165) is 31.2 Å². The molecule has 1 aromatic carbocycles. The first-order chi connectivity index (χ1) is 13.4. The minimum atomic E-state index is -3.74. The fraction of sp³-hybridized carbons (Fsp3) is 0.381. The highest BCUT2D eigenvalue weighted by molar-refractivity contribution is 7.92. The molecule has 0 aliphatic carbocycles. The van der Waals surface area contributed by atoms with Gasteiger partial charge in [-0.05, 0) is 48.4 Å². The Hall–Kier alpha value is -1.63. The maximum Gasteiger partial charge on any atom is 0.321 e. The van der Waals surface area contributed by atoms with E-state index >= 15 is 0 Å². The smallest absolute Gasteiger partial charge is 0.321 e. The van der Waals surface area contributed by atoms with Crippen molar-refractivity contribution in [2.45, 2.75) is 43.8 Å². The Bertz CT molecular complexity index is 856. The SMILES string of the molecule is O=C(O)C(CCCCCCc1cccs1)S(=O)(=O)C/C=C/c1ccc(Cl)cc1. The molecule has 1 N–H and O–H groups in total. The lowest BCUT2D eigenvalue weighted by Gasteiger charge is -2.12.